The Labute approximate surface area is 69.0 Å². The van der Waals surface area contributed by atoms with Crippen LogP contribution in [0.15, 0.2) is 11.0 Å². The van der Waals surface area contributed by atoms with Crippen LogP contribution in [0.3, 0.4) is 0 Å². The third-order valence-electron chi connectivity index (χ3n) is 2.84. The van der Waals surface area contributed by atoms with Crippen LogP contribution in [-0.4, -0.2) is 8.76 Å². The minimum absolute atomic E-state index is 0.649. The predicted molar refractivity (Wildman–Crippen MR) is 44.3 cm³/mol. The van der Waals surface area contributed by atoms with Gasteiger partial charge < -0.3 is 4.55 Å². The number of allylic oxidation sites excluding steroid dienone is 1. The largest absolute Gasteiger partial charge is 0.303 e. The van der Waals surface area contributed by atoms with Gasteiger partial charge in [0.25, 0.3) is 0 Å². The van der Waals surface area contributed by atoms with Gasteiger partial charge in [0, 0.05) is 5.41 Å². The molecule has 3 atom stereocenters. The number of hydrogen-bond acceptors (Lipinski definition) is 1. The molecular weight excluding hydrogens is 160 g/mol. The van der Waals surface area contributed by atoms with Crippen molar-refractivity contribution in [3.63, 3.8) is 0 Å². The van der Waals surface area contributed by atoms with Gasteiger partial charge in [0.2, 0.25) is 0 Å². The highest BCUT2D eigenvalue weighted by Gasteiger charge is 2.35. The molecule has 62 valence electrons. The topological polar surface area (TPSA) is 37.3 Å². The van der Waals surface area contributed by atoms with Crippen LogP contribution in [-0.2, 0) is 11.1 Å². The van der Waals surface area contributed by atoms with Gasteiger partial charge in [-0.25, -0.2) is 4.21 Å². The molecule has 2 saturated carbocycles. The van der Waals surface area contributed by atoms with E-state index < -0.39 is 11.1 Å². The third-order valence-corrected chi connectivity index (χ3v) is 3.35. The van der Waals surface area contributed by atoms with E-state index in [0.29, 0.717) is 5.92 Å². The van der Waals surface area contributed by atoms with Gasteiger partial charge in [-0.2, -0.15) is 0 Å². The van der Waals surface area contributed by atoms with E-state index in [2.05, 4.69) is 0 Å². The molecule has 1 N–H and O–H groups in total. The maximum absolute atomic E-state index is 10.5. The van der Waals surface area contributed by atoms with E-state index in [1.807, 2.05) is 0 Å². The van der Waals surface area contributed by atoms with Crippen LogP contribution < -0.4 is 0 Å². The first-order chi connectivity index (χ1) is 5.25. The van der Waals surface area contributed by atoms with Crippen molar-refractivity contribution in [2.24, 2.45) is 11.8 Å². The molecule has 3 heteroatoms. The van der Waals surface area contributed by atoms with Crippen LogP contribution in [0.4, 0.5) is 0 Å². The van der Waals surface area contributed by atoms with E-state index in [0.717, 1.165) is 12.3 Å². The Bertz CT molecular complexity index is 222. The summed E-state index contributed by atoms with van der Waals surface area (Å²) in [7, 11) is 0. The van der Waals surface area contributed by atoms with E-state index in [4.69, 9.17) is 4.55 Å². The fraction of sp³-hybridized carbons (Fsp3) is 0.750. The van der Waals surface area contributed by atoms with E-state index in [9.17, 15) is 4.21 Å². The normalized spacial score (nSPS) is 41.7. The number of hydrogen-bond donors (Lipinski definition) is 1. The Morgan fingerprint density at radius 3 is 2.82 bits per heavy atom. The lowest BCUT2D eigenvalue weighted by Crippen LogP contribution is -1.99. The van der Waals surface area contributed by atoms with E-state index in [-0.39, 0.29) is 0 Å². The van der Waals surface area contributed by atoms with Crippen molar-refractivity contribution in [1.82, 2.24) is 0 Å². The molecule has 11 heavy (non-hydrogen) atoms. The Kier molecular flexibility index (Phi) is 1.85. The Morgan fingerprint density at radius 2 is 2.36 bits per heavy atom. The van der Waals surface area contributed by atoms with Crippen LogP contribution in [0.1, 0.15) is 25.7 Å². The molecule has 2 rings (SSSR count). The molecule has 2 fully saturated rings. The Morgan fingerprint density at radius 1 is 1.55 bits per heavy atom. The Balaban J connectivity index is 2.13. The highest BCUT2D eigenvalue weighted by molar-refractivity contribution is 7.82. The number of fused-ring (bicyclic) bond motifs is 2. The van der Waals surface area contributed by atoms with Crippen LogP contribution in [0.2, 0.25) is 0 Å². The molecule has 0 radical (unpaired) electrons. The molecule has 2 aliphatic rings. The van der Waals surface area contributed by atoms with Crippen LogP contribution >= 0.6 is 0 Å². The van der Waals surface area contributed by atoms with Crippen molar-refractivity contribution in [2.45, 2.75) is 25.7 Å². The summed E-state index contributed by atoms with van der Waals surface area (Å²) in [6.45, 7) is 0. The van der Waals surface area contributed by atoms with Crippen LogP contribution in [0.25, 0.3) is 0 Å². The molecule has 0 aliphatic heterocycles. The lowest BCUT2D eigenvalue weighted by molar-refractivity contribution is 0.556. The third kappa shape index (κ3) is 1.40. The first-order valence-electron chi connectivity index (χ1n) is 4.06. The van der Waals surface area contributed by atoms with E-state index in [1.54, 1.807) is 0 Å². The average molecular weight is 172 g/mol. The first-order valence-corrected chi connectivity index (χ1v) is 5.23. The maximum atomic E-state index is 10.5. The van der Waals surface area contributed by atoms with Crippen molar-refractivity contribution in [3.8, 4) is 0 Å². The zero-order valence-corrected chi connectivity index (χ0v) is 7.14. The smallest absolute Gasteiger partial charge is 0.178 e. The molecule has 3 unspecified atom stereocenters. The fourth-order valence-electron chi connectivity index (χ4n) is 2.37. The zero-order chi connectivity index (χ0) is 7.84. The molecule has 2 nitrogen and oxygen atoms in total. The van der Waals surface area contributed by atoms with Gasteiger partial charge in [-0.05, 0) is 37.5 Å². The van der Waals surface area contributed by atoms with E-state index in [1.165, 1.54) is 30.2 Å². The summed E-state index contributed by atoms with van der Waals surface area (Å²) >= 11 is -1.72. The molecule has 2 bridgehead atoms. The molecule has 0 aromatic rings. The molecule has 0 spiro atoms. The summed E-state index contributed by atoms with van der Waals surface area (Å²) < 4.78 is 19.1. The second kappa shape index (κ2) is 2.72. The van der Waals surface area contributed by atoms with Crippen molar-refractivity contribution in [3.05, 3.63) is 11.0 Å². The standard InChI is InChI=1S/C8H12O2S/c9-11(10)5-8-4-6-1-2-7(8)3-6/h5-7H,1-4H2,(H,9,10). The van der Waals surface area contributed by atoms with Crippen LogP contribution in [0.5, 0.6) is 0 Å². The van der Waals surface area contributed by atoms with Crippen LogP contribution in [0, 0.1) is 11.8 Å². The molecule has 0 saturated heterocycles. The number of rotatable bonds is 1. The van der Waals surface area contributed by atoms with Crippen molar-refractivity contribution in [2.75, 3.05) is 0 Å². The second-order valence-electron chi connectivity index (χ2n) is 3.55. The summed E-state index contributed by atoms with van der Waals surface area (Å²) in [4.78, 5) is 0. The monoisotopic (exact) mass is 172 g/mol. The minimum Gasteiger partial charge on any atom is -0.303 e. The summed E-state index contributed by atoms with van der Waals surface area (Å²) in [5, 5.41) is 1.53. The SMILES string of the molecule is O=S(O)C=C1CC2CCC1C2. The Hall–Kier alpha value is -0.150. The molecule has 2 aliphatic carbocycles. The fourth-order valence-corrected chi connectivity index (χ4v) is 2.92. The second-order valence-corrected chi connectivity index (χ2v) is 4.34. The van der Waals surface area contributed by atoms with E-state index >= 15 is 0 Å². The van der Waals surface area contributed by atoms with Gasteiger partial charge in [-0.3, -0.25) is 0 Å². The zero-order valence-electron chi connectivity index (χ0n) is 6.32. The lowest BCUT2D eigenvalue weighted by atomic mass is 9.96. The maximum Gasteiger partial charge on any atom is 0.178 e. The summed E-state index contributed by atoms with van der Waals surface area (Å²) in [5.41, 5.74) is 1.24. The van der Waals surface area contributed by atoms with Gasteiger partial charge in [-0.15, -0.1) is 0 Å². The molecule has 0 amide bonds. The van der Waals surface area contributed by atoms with Gasteiger partial charge in [0.15, 0.2) is 11.1 Å². The summed E-state index contributed by atoms with van der Waals surface area (Å²) in [6.07, 6.45) is 4.92. The van der Waals surface area contributed by atoms with Gasteiger partial charge >= 0.3 is 0 Å². The first kappa shape index (κ1) is 7.50. The molecular formula is C8H12O2S. The summed E-state index contributed by atoms with van der Waals surface area (Å²) in [6, 6.07) is 0. The van der Waals surface area contributed by atoms with Crippen molar-refractivity contribution < 1.29 is 8.76 Å². The highest BCUT2D eigenvalue weighted by Crippen LogP contribution is 2.47. The molecule has 0 heterocycles. The minimum atomic E-state index is -1.72. The molecule has 0 aromatic carbocycles. The van der Waals surface area contributed by atoms with Crippen molar-refractivity contribution in [1.29, 1.82) is 0 Å². The van der Waals surface area contributed by atoms with Gasteiger partial charge in [0.05, 0.1) is 0 Å². The highest BCUT2D eigenvalue weighted by atomic mass is 32.2. The van der Waals surface area contributed by atoms with Gasteiger partial charge in [-0.1, -0.05) is 5.57 Å². The lowest BCUT2D eigenvalue weighted by Gasteiger charge is -2.11. The van der Waals surface area contributed by atoms with Gasteiger partial charge in [0.1, 0.15) is 0 Å². The molecule has 0 aromatic heterocycles. The van der Waals surface area contributed by atoms with Crippen molar-refractivity contribution >= 4 is 11.1 Å². The summed E-state index contributed by atoms with van der Waals surface area (Å²) in [5.74, 6) is 1.48. The quantitative estimate of drug-likeness (QED) is 0.613. The predicted octanol–water partition coefficient (Wildman–Crippen LogP) is 1.91. The average Bonchev–Trinajstić information content (AvgIpc) is 2.45.